The van der Waals surface area contributed by atoms with E-state index < -0.39 is 10.0 Å². The molecule has 1 heterocycles. The average molecular weight is 376 g/mol. The highest BCUT2D eigenvalue weighted by molar-refractivity contribution is 7.88. The van der Waals surface area contributed by atoms with Gasteiger partial charge in [-0.2, -0.15) is 4.31 Å². The SMILES string of the molecule is CC(=O)c1ccc(N2CCN(S(=O)(=O)Cc3ccc(F)cc3)CC2)cc1. The first-order valence-corrected chi connectivity index (χ1v) is 10.0. The first-order valence-electron chi connectivity index (χ1n) is 8.43. The maximum atomic E-state index is 13.0. The van der Waals surface area contributed by atoms with Gasteiger partial charge in [0.15, 0.2) is 5.78 Å². The number of benzene rings is 2. The molecule has 1 aliphatic rings. The van der Waals surface area contributed by atoms with Gasteiger partial charge in [-0.25, -0.2) is 12.8 Å². The van der Waals surface area contributed by atoms with E-state index in [-0.39, 0.29) is 17.4 Å². The second kappa shape index (κ2) is 7.55. The van der Waals surface area contributed by atoms with Crippen LogP contribution in [0.5, 0.6) is 0 Å². The summed E-state index contributed by atoms with van der Waals surface area (Å²) in [6.45, 7) is 3.50. The summed E-state index contributed by atoms with van der Waals surface area (Å²) in [4.78, 5) is 13.5. The Balaban J connectivity index is 1.62. The number of anilines is 1. The summed E-state index contributed by atoms with van der Waals surface area (Å²) < 4.78 is 39.6. The monoisotopic (exact) mass is 376 g/mol. The van der Waals surface area contributed by atoms with Gasteiger partial charge in [-0.05, 0) is 48.9 Å². The van der Waals surface area contributed by atoms with Crippen molar-refractivity contribution in [2.45, 2.75) is 12.7 Å². The van der Waals surface area contributed by atoms with Gasteiger partial charge in [0.25, 0.3) is 0 Å². The van der Waals surface area contributed by atoms with E-state index >= 15 is 0 Å². The number of hydrogen-bond donors (Lipinski definition) is 0. The molecule has 0 aromatic heterocycles. The molecule has 0 N–H and O–H groups in total. The summed E-state index contributed by atoms with van der Waals surface area (Å²) in [6, 6.07) is 12.9. The summed E-state index contributed by atoms with van der Waals surface area (Å²) in [7, 11) is -3.43. The third-order valence-corrected chi connectivity index (χ3v) is 6.38. The molecule has 0 aliphatic carbocycles. The zero-order valence-corrected chi connectivity index (χ0v) is 15.4. The first kappa shape index (κ1) is 18.5. The number of halogens is 1. The van der Waals surface area contributed by atoms with Gasteiger partial charge in [0.05, 0.1) is 5.75 Å². The summed E-state index contributed by atoms with van der Waals surface area (Å²) in [5, 5.41) is 0. The molecule has 0 amide bonds. The number of sulfonamides is 1. The minimum Gasteiger partial charge on any atom is -0.369 e. The molecule has 2 aromatic carbocycles. The number of carbonyl (C=O) groups excluding carboxylic acids is 1. The van der Waals surface area contributed by atoms with E-state index in [1.54, 1.807) is 12.1 Å². The van der Waals surface area contributed by atoms with Crippen molar-refractivity contribution in [3.63, 3.8) is 0 Å². The molecule has 0 unspecified atom stereocenters. The number of hydrogen-bond acceptors (Lipinski definition) is 4. The van der Waals surface area contributed by atoms with Crippen molar-refractivity contribution < 1.29 is 17.6 Å². The number of nitrogens with zero attached hydrogens (tertiary/aromatic N) is 2. The van der Waals surface area contributed by atoms with E-state index in [0.717, 1.165) is 5.69 Å². The molecule has 1 saturated heterocycles. The molecule has 7 heteroatoms. The molecule has 0 spiro atoms. The van der Waals surface area contributed by atoms with Crippen LogP contribution in [0.2, 0.25) is 0 Å². The van der Waals surface area contributed by atoms with Crippen molar-refractivity contribution in [2.24, 2.45) is 0 Å². The quantitative estimate of drug-likeness (QED) is 0.753. The molecule has 1 fully saturated rings. The molecule has 0 saturated carbocycles. The van der Waals surface area contributed by atoms with Gasteiger partial charge in [-0.1, -0.05) is 12.1 Å². The van der Waals surface area contributed by atoms with Crippen LogP contribution in [-0.4, -0.2) is 44.7 Å². The first-order chi connectivity index (χ1) is 12.3. The Kier molecular flexibility index (Phi) is 5.38. The predicted molar refractivity (Wildman–Crippen MR) is 99.3 cm³/mol. The number of rotatable bonds is 5. The zero-order valence-electron chi connectivity index (χ0n) is 14.6. The van der Waals surface area contributed by atoms with E-state index in [1.807, 2.05) is 12.1 Å². The Morgan fingerprint density at radius 3 is 2.08 bits per heavy atom. The lowest BCUT2D eigenvalue weighted by atomic mass is 10.1. The molecule has 1 aliphatic heterocycles. The Labute approximate surface area is 153 Å². The third-order valence-electron chi connectivity index (χ3n) is 4.53. The third kappa shape index (κ3) is 4.28. The lowest BCUT2D eigenvalue weighted by Gasteiger charge is -2.35. The Morgan fingerprint density at radius 2 is 1.54 bits per heavy atom. The van der Waals surface area contributed by atoms with Crippen LogP contribution in [0.15, 0.2) is 48.5 Å². The molecule has 5 nitrogen and oxygen atoms in total. The van der Waals surface area contributed by atoms with Gasteiger partial charge in [0, 0.05) is 37.4 Å². The van der Waals surface area contributed by atoms with Crippen LogP contribution < -0.4 is 4.90 Å². The minimum absolute atomic E-state index is 0.0215. The normalized spacial score (nSPS) is 15.8. The highest BCUT2D eigenvalue weighted by Crippen LogP contribution is 2.20. The largest absolute Gasteiger partial charge is 0.369 e. The molecular formula is C19H21FN2O3S. The number of ketones is 1. The zero-order chi connectivity index (χ0) is 18.7. The van der Waals surface area contributed by atoms with Crippen molar-refractivity contribution in [3.8, 4) is 0 Å². The van der Waals surface area contributed by atoms with Gasteiger partial charge < -0.3 is 4.90 Å². The van der Waals surface area contributed by atoms with Crippen molar-refractivity contribution in [3.05, 3.63) is 65.5 Å². The summed E-state index contributed by atoms with van der Waals surface area (Å²) >= 11 is 0. The van der Waals surface area contributed by atoms with Gasteiger partial charge in [0.1, 0.15) is 5.82 Å². The van der Waals surface area contributed by atoms with Crippen LogP contribution in [0.1, 0.15) is 22.8 Å². The molecule has 2 aromatic rings. The second-order valence-corrected chi connectivity index (χ2v) is 8.34. The van der Waals surface area contributed by atoms with Crippen LogP contribution in [0.3, 0.4) is 0 Å². The van der Waals surface area contributed by atoms with E-state index in [2.05, 4.69) is 4.90 Å². The molecule has 0 radical (unpaired) electrons. The maximum absolute atomic E-state index is 13.0. The number of piperazine rings is 1. The molecule has 26 heavy (non-hydrogen) atoms. The lowest BCUT2D eigenvalue weighted by molar-refractivity contribution is 0.101. The fourth-order valence-electron chi connectivity index (χ4n) is 3.01. The lowest BCUT2D eigenvalue weighted by Crippen LogP contribution is -2.49. The van der Waals surface area contributed by atoms with Crippen LogP contribution in [0.25, 0.3) is 0 Å². The summed E-state index contributed by atoms with van der Waals surface area (Å²) in [5.41, 5.74) is 2.22. The average Bonchev–Trinajstić information content (AvgIpc) is 2.64. The summed E-state index contributed by atoms with van der Waals surface area (Å²) in [6.07, 6.45) is 0. The van der Waals surface area contributed by atoms with E-state index in [9.17, 15) is 17.6 Å². The molecular weight excluding hydrogens is 355 g/mol. The summed E-state index contributed by atoms with van der Waals surface area (Å²) in [5.74, 6) is -0.482. The van der Waals surface area contributed by atoms with E-state index in [1.165, 1.54) is 35.5 Å². The number of carbonyl (C=O) groups is 1. The fourth-order valence-corrected chi connectivity index (χ4v) is 4.53. The maximum Gasteiger partial charge on any atom is 0.218 e. The van der Waals surface area contributed by atoms with Gasteiger partial charge in [-0.15, -0.1) is 0 Å². The predicted octanol–water partition coefficient (Wildman–Crippen LogP) is 2.68. The topological polar surface area (TPSA) is 57.7 Å². The Hall–Kier alpha value is -2.25. The number of Topliss-reactive ketones (excluding diaryl/α,β-unsaturated/α-hetero) is 1. The van der Waals surface area contributed by atoms with Crippen molar-refractivity contribution in [1.82, 2.24) is 4.31 Å². The Bertz CT molecular complexity index is 872. The standard InChI is InChI=1S/C19H21FN2O3S/c1-15(23)17-4-8-19(9-5-17)21-10-12-22(13-11-21)26(24,25)14-16-2-6-18(20)7-3-16/h2-9H,10-14H2,1H3. The Morgan fingerprint density at radius 1 is 0.962 bits per heavy atom. The van der Waals surface area contributed by atoms with Crippen molar-refractivity contribution in [1.29, 1.82) is 0 Å². The van der Waals surface area contributed by atoms with Crippen molar-refractivity contribution >= 4 is 21.5 Å². The van der Waals surface area contributed by atoms with Gasteiger partial charge in [-0.3, -0.25) is 4.79 Å². The van der Waals surface area contributed by atoms with Gasteiger partial charge in [0.2, 0.25) is 10.0 Å². The van der Waals surface area contributed by atoms with E-state index in [4.69, 9.17) is 0 Å². The molecule has 138 valence electrons. The van der Waals surface area contributed by atoms with Crippen LogP contribution in [0.4, 0.5) is 10.1 Å². The second-order valence-electron chi connectivity index (χ2n) is 6.37. The smallest absolute Gasteiger partial charge is 0.218 e. The van der Waals surface area contributed by atoms with Crippen LogP contribution in [0, 0.1) is 5.82 Å². The molecule has 0 bridgehead atoms. The molecule has 3 rings (SSSR count). The fraction of sp³-hybridized carbons (Fsp3) is 0.316. The van der Waals surface area contributed by atoms with Crippen molar-refractivity contribution in [2.75, 3.05) is 31.1 Å². The van der Waals surface area contributed by atoms with Crippen LogP contribution >= 0.6 is 0 Å². The van der Waals surface area contributed by atoms with Gasteiger partial charge >= 0.3 is 0 Å². The highest BCUT2D eigenvalue weighted by Gasteiger charge is 2.27. The highest BCUT2D eigenvalue weighted by atomic mass is 32.2. The minimum atomic E-state index is -3.43. The van der Waals surface area contributed by atoms with Crippen LogP contribution in [-0.2, 0) is 15.8 Å². The van der Waals surface area contributed by atoms with E-state index in [0.29, 0.717) is 37.3 Å². The molecule has 0 atom stereocenters.